The van der Waals surface area contributed by atoms with Gasteiger partial charge in [-0.15, -0.1) is 21.5 Å². The molecule has 7 heteroatoms. The molecule has 5 nitrogen and oxygen atoms in total. The van der Waals surface area contributed by atoms with Crippen molar-refractivity contribution < 1.29 is 4.79 Å². The molecule has 136 valence electrons. The van der Waals surface area contributed by atoms with E-state index in [4.69, 9.17) is 0 Å². The van der Waals surface area contributed by atoms with Gasteiger partial charge in [-0.25, -0.2) is 4.98 Å². The van der Waals surface area contributed by atoms with Gasteiger partial charge in [0, 0.05) is 16.9 Å². The van der Waals surface area contributed by atoms with Gasteiger partial charge in [-0.05, 0) is 11.5 Å². The Hall–Kier alpha value is -2.12. The maximum absolute atomic E-state index is 12.2. The summed E-state index contributed by atoms with van der Waals surface area (Å²) in [5.74, 6) is 0.753. The summed E-state index contributed by atoms with van der Waals surface area (Å²) in [4.78, 5) is 16.7. The van der Waals surface area contributed by atoms with Gasteiger partial charge in [0.1, 0.15) is 5.01 Å². The van der Waals surface area contributed by atoms with Crippen LogP contribution in [0, 0.1) is 0 Å². The summed E-state index contributed by atoms with van der Waals surface area (Å²) in [6, 6.07) is 8.30. The van der Waals surface area contributed by atoms with Gasteiger partial charge in [-0.1, -0.05) is 63.3 Å². The number of aromatic nitrogens is 3. The van der Waals surface area contributed by atoms with Crippen LogP contribution in [0.4, 0.5) is 5.13 Å². The summed E-state index contributed by atoms with van der Waals surface area (Å²) < 4.78 is 0. The van der Waals surface area contributed by atoms with Crippen LogP contribution in [-0.4, -0.2) is 21.1 Å². The highest BCUT2D eigenvalue weighted by Gasteiger charge is 2.13. The maximum Gasteiger partial charge on any atom is 0.232 e. The molecule has 1 N–H and O–H groups in total. The molecule has 0 unspecified atom stereocenters. The molecule has 2 heterocycles. The predicted molar refractivity (Wildman–Crippen MR) is 108 cm³/mol. The quantitative estimate of drug-likeness (QED) is 0.641. The molecule has 26 heavy (non-hydrogen) atoms. The molecule has 0 fully saturated rings. The molecule has 1 amide bonds. The van der Waals surface area contributed by atoms with Crippen LogP contribution in [0.15, 0.2) is 29.6 Å². The van der Waals surface area contributed by atoms with Crippen molar-refractivity contribution in [1.29, 1.82) is 0 Å². The largest absolute Gasteiger partial charge is 0.300 e. The molecule has 0 bridgehead atoms. The lowest BCUT2D eigenvalue weighted by molar-refractivity contribution is -0.115. The first-order valence-corrected chi connectivity index (χ1v) is 10.3. The standard InChI is InChI=1S/C19H22N4OS2/c1-11(2)13-5-7-14(8-6-13)18-22-23-19(26-18)21-16(24)9-15-10-25-17(20-15)12(3)4/h5-8,10-12H,9H2,1-4H3,(H,21,23,24). The zero-order valence-corrected chi connectivity index (χ0v) is 16.9. The fourth-order valence-electron chi connectivity index (χ4n) is 2.40. The van der Waals surface area contributed by atoms with Crippen LogP contribution in [0.5, 0.6) is 0 Å². The molecule has 0 radical (unpaired) electrons. The Balaban J connectivity index is 1.63. The molecule has 0 aliphatic rings. The lowest BCUT2D eigenvalue weighted by atomic mass is 10.0. The van der Waals surface area contributed by atoms with Gasteiger partial charge < -0.3 is 5.32 Å². The molecule has 1 aromatic carbocycles. The van der Waals surface area contributed by atoms with Crippen molar-refractivity contribution in [3.63, 3.8) is 0 Å². The zero-order valence-electron chi connectivity index (χ0n) is 15.3. The number of rotatable bonds is 6. The highest BCUT2D eigenvalue weighted by atomic mass is 32.1. The SMILES string of the molecule is CC(C)c1ccc(-c2nnc(NC(=O)Cc3csc(C(C)C)n3)s2)cc1. The Labute approximate surface area is 161 Å². The number of carbonyl (C=O) groups is 1. The Morgan fingerprint density at radius 1 is 1.08 bits per heavy atom. The van der Waals surface area contributed by atoms with Gasteiger partial charge in [-0.2, -0.15) is 0 Å². The second kappa shape index (κ2) is 8.05. The van der Waals surface area contributed by atoms with E-state index in [9.17, 15) is 4.79 Å². The number of nitrogens with one attached hydrogen (secondary N) is 1. The zero-order chi connectivity index (χ0) is 18.7. The number of nitrogens with zero attached hydrogens (tertiary/aromatic N) is 3. The van der Waals surface area contributed by atoms with E-state index in [1.165, 1.54) is 16.9 Å². The average Bonchev–Trinajstić information content (AvgIpc) is 3.24. The van der Waals surface area contributed by atoms with E-state index in [0.717, 1.165) is 21.3 Å². The van der Waals surface area contributed by atoms with E-state index in [-0.39, 0.29) is 12.3 Å². The molecule has 3 rings (SSSR count). The molecular weight excluding hydrogens is 364 g/mol. The smallest absolute Gasteiger partial charge is 0.232 e. The third-order valence-electron chi connectivity index (χ3n) is 3.90. The minimum atomic E-state index is -0.122. The topological polar surface area (TPSA) is 67.8 Å². The molecule has 0 aliphatic carbocycles. The number of carbonyl (C=O) groups excluding carboxylic acids is 1. The molecule has 0 spiro atoms. The van der Waals surface area contributed by atoms with E-state index in [1.54, 1.807) is 11.3 Å². The number of hydrogen-bond donors (Lipinski definition) is 1. The van der Waals surface area contributed by atoms with Gasteiger partial charge in [0.05, 0.1) is 17.1 Å². The summed E-state index contributed by atoms with van der Waals surface area (Å²) in [7, 11) is 0. The number of benzene rings is 1. The third kappa shape index (κ3) is 4.53. The normalized spacial score (nSPS) is 11.3. The van der Waals surface area contributed by atoms with Crippen LogP contribution in [0.25, 0.3) is 10.6 Å². The van der Waals surface area contributed by atoms with Crippen molar-refractivity contribution in [3.8, 4) is 10.6 Å². The number of hydrogen-bond acceptors (Lipinski definition) is 6. The minimum absolute atomic E-state index is 0.122. The molecule has 0 atom stereocenters. The van der Waals surface area contributed by atoms with Crippen molar-refractivity contribution in [2.24, 2.45) is 0 Å². The number of anilines is 1. The third-order valence-corrected chi connectivity index (χ3v) is 5.98. The Kier molecular flexibility index (Phi) is 5.78. The van der Waals surface area contributed by atoms with Gasteiger partial charge in [0.15, 0.2) is 0 Å². The van der Waals surface area contributed by atoms with Gasteiger partial charge in [-0.3, -0.25) is 4.79 Å². The lowest BCUT2D eigenvalue weighted by Gasteiger charge is -2.04. The van der Waals surface area contributed by atoms with Crippen molar-refractivity contribution in [2.75, 3.05) is 5.32 Å². The Bertz CT molecular complexity index is 881. The van der Waals surface area contributed by atoms with Gasteiger partial charge >= 0.3 is 0 Å². The summed E-state index contributed by atoms with van der Waals surface area (Å²) in [6.45, 7) is 8.53. The molecule has 0 aliphatic heterocycles. The van der Waals surface area contributed by atoms with Crippen LogP contribution < -0.4 is 5.32 Å². The summed E-state index contributed by atoms with van der Waals surface area (Å²) in [5, 5.41) is 15.4. The first kappa shape index (κ1) is 18.7. The number of thiazole rings is 1. The highest BCUT2D eigenvalue weighted by Crippen LogP contribution is 2.28. The van der Waals surface area contributed by atoms with Crippen molar-refractivity contribution >= 4 is 33.7 Å². The van der Waals surface area contributed by atoms with E-state index in [0.29, 0.717) is 17.0 Å². The predicted octanol–water partition coefficient (Wildman–Crippen LogP) is 5.09. The first-order valence-electron chi connectivity index (χ1n) is 8.60. The second-order valence-electron chi connectivity index (χ2n) is 6.75. The molecular formula is C19H22N4OS2. The monoisotopic (exact) mass is 386 g/mol. The van der Waals surface area contributed by atoms with Crippen LogP contribution in [0.2, 0.25) is 0 Å². The van der Waals surface area contributed by atoms with Crippen LogP contribution in [0.1, 0.15) is 55.8 Å². The fourth-order valence-corrected chi connectivity index (χ4v) is 4.00. The summed E-state index contributed by atoms with van der Waals surface area (Å²) in [5.41, 5.74) is 3.09. The van der Waals surface area contributed by atoms with Gasteiger partial charge in [0.25, 0.3) is 0 Å². The van der Waals surface area contributed by atoms with Gasteiger partial charge in [0.2, 0.25) is 11.0 Å². The lowest BCUT2D eigenvalue weighted by Crippen LogP contribution is -2.14. The summed E-state index contributed by atoms with van der Waals surface area (Å²) in [6.07, 6.45) is 0.251. The molecule has 3 aromatic rings. The molecule has 0 saturated heterocycles. The summed E-state index contributed by atoms with van der Waals surface area (Å²) >= 11 is 2.97. The molecule has 0 saturated carbocycles. The Morgan fingerprint density at radius 3 is 2.42 bits per heavy atom. The second-order valence-corrected chi connectivity index (χ2v) is 8.61. The fraction of sp³-hybridized carbons (Fsp3) is 0.368. The van der Waals surface area contributed by atoms with Crippen LogP contribution in [-0.2, 0) is 11.2 Å². The highest BCUT2D eigenvalue weighted by molar-refractivity contribution is 7.18. The van der Waals surface area contributed by atoms with Crippen molar-refractivity contribution in [3.05, 3.63) is 45.9 Å². The maximum atomic E-state index is 12.2. The average molecular weight is 387 g/mol. The van der Waals surface area contributed by atoms with Crippen LogP contribution >= 0.6 is 22.7 Å². The Morgan fingerprint density at radius 2 is 1.81 bits per heavy atom. The van der Waals surface area contributed by atoms with Crippen LogP contribution in [0.3, 0.4) is 0 Å². The first-order chi connectivity index (χ1) is 12.4. The minimum Gasteiger partial charge on any atom is -0.300 e. The molecule has 2 aromatic heterocycles. The van der Waals surface area contributed by atoms with Crippen molar-refractivity contribution in [2.45, 2.75) is 46.0 Å². The van der Waals surface area contributed by atoms with E-state index in [2.05, 4.69) is 60.3 Å². The van der Waals surface area contributed by atoms with E-state index < -0.39 is 0 Å². The van der Waals surface area contributed by atoms with E-state index >= 15 is 0 Å². The van der Waals surface area contributed by atoms with Crippen molar-refractivity contribution in [1.82, 2.24) is 15.2 Å². The van der Waals surface area contributed by atoms with E-state index in [1.807, 2.05) is 17.5 Å². The number of amides is 1.